The van der Waals surface area contributed by atoms with Crippen LogP contribution >= 0.6 is 0 Å². The Morgan fingerprint density at radius 3 is 3.11 bits per heavy atom. The molecular formula is C13H18N2O3. The van der Waals surface area contributed by atoms with Crippen LogP contribution in [-0.4, -0.2) is 43.7 Å². The number of methoxy groups -OCH3 is 1. The molecule has 1 saturated heterocycles. The molecule has 1 unspecified atom stereocenters. The van der Waals surface area contributed by atoms with Gasteiger partial charge < -0.3 is 20.1 Å². The molecule has 5 nitrogen and oxygen atoms in total. The molecule has 1 atom stereocenters. The zero-order valence-electron chi connectivity index (χ0n) is 10.5. The highest BCUT2D eigenvalue weighted by molar-refractivity contribution is 5.78. The fourth-order valence-electron chi connectivity index (χ4n) is 1.97. The number of hydrogen-bond acceptors (Lipinski definition) is 4. The van der Waals surface area contributed by atoms with E-state index < -0.39 is 0 Å². The van der Waals surface area contributed by atoms with Crippen molar-refractivity contribution < 1.29 is 14.3 Å². The quantitative estimate of drug-likeness (QED) is 0.839. The SMILES string of the molecule is COc1cccc(CN2CC(CN)OCC2=O)c1. The van der Waals surface area contributed by atoms with E-state index >= 15 is 0 Å². The number of rotatable bonds is 4. The highest BCUT2D eigenvalue weighted by Crippen LogP contribution is 2.16. The minimum absolute atomic E-state index is 0.00233. The monoisotopic (exact) mass is 250 g/mol. The average molecular weight is 250 g/mol. The number of carbonyl (C=O) groups excluding carboxylic acids is 1. The van der Waals surface area contributed by atoms with Crippen molar-refractivity contribution in [3.63, 3.8) is 0 Å². The third kappa shape index (κ3) is 3.00. The molecule has 0 saturated carbocycles. The highest BCUT2D eigenvalue weighted by atomic mass is 16.5. The molecule has 1 aliphatic rings. The first-order valence-electron chi connectivity index (χ1n) is 5.95. The van der Waals surface area contributed by atoms with Crippen LogP contribution in [0, 0.1) is 0 Å². The maximum absolute atomic E-state index is 11.7. The second-order valence-corrected chi connectivity index (χ2v) is 4.29. The Bertz CT molecular complexity index is 422. The van der Waals surface area contributed by atoms with Gasteiger partial charge in [-0.3, -0.25) is 4.79 Å². The standard InChI is InChI=1S/C13H18N2O3/c1-17-11-4-2-3-10(5-11)7-15-8-12(6-14)18-9-13(15)16/h2-5,12H,6-9,14H2,1H3. The maximum atomic E-state index is 11.7. The van der Waals surface area contributed by atoms with E-state index in [0.717, 1.165) is 11.3 Å². The number of amides is 1. The maximum Gasteiger partial charge on any atom is 0.248 e. The molecule has 98 valence electrons. The molecule has 2 N–H and O–H groups in total. The van der Waals surface area contributed by atoms with E-state index in [2.05, 4.69) is 0 Å². The minimum atomic E-state index is -0.0618. The summed E-state index contributed by atoms with van der Waals surface area (Å²) in [7, 11) is 1.63. The molecule has 0 spiro atoms. The summed E-state index contributed by atoms with van der Waals surface area (Å²) in [6.45, 7) is 1.66. The fraction of sp³-hybridized carbons (Fsp3) is 0.462. The van der Waals surface area contributed by atoms with Crippen LogP contribution in [0.1, 0.15) is 5.56 Å². The van der Waals surface area contributed by atoms with Gasteiger partial charge in [0.15, 0.2) is 0 Å². The molecule has 1 aliphatic heterocycles. The van der Waals surface area contributed by atoms with Crippen LogP contribution in [-0.2, 0) is 16.1 Å². The Kier molecular flexibility index (Phi) is 4.17. The number of morpholine rings is 1. The molecule has 0 radical (unpaired) electrons. The fourth-order valence-corrected chi connectivity index (χ4v) is 1.97. The summed E-state index contributed by atoms with van der Waals surface area (Å²) in [4.78, 5) is 13.5. The molecule has 18 heavy (non-hydrogen) atoms. The summed E-state index contributed by atoms with van der Waals surface area (Å²) in [5.74, 6) is 0.797. The van der Waals surface area contributed by atoms with Gasteiger partial charge in [0, 0.05) is 19.6 Å². The van der Waals surface area contributed by atoms with Gasteiger partial charge in [-0.1, -0.05) is 12.1 Å². The zero-order valence-corrected chi connectivity index (χ0v) is 10.5. The number of hydrogen-bond donors (Lipinski definition) is 1. The van der Waals surface area contributed by atoms with Crippen molar-refractivity contribution in [1.29, 1.82) is 0 Å². The molecule has 0 aromatic heterocycles. The van der Waals surface area contributed by atoms with Crippen LogP contribution < -0.4 is 10.5 Å². The van der Waals surface area contributed by atoms with Gasteiger partial charge in [-0.15, -0.1) is 0 Å². The minimum Gasteiger partial charge on any atom is -0.497 e. The van der Waals surface area contributed by atoms with Crippen molar-refractivity contribution in [1.82, 2.24) is 4.90 Å². The molecule has 5 heteroatoms. The second kappa shape index (κ2) is 5.84. The number of nitrogens with zero attached hydrogens (tertiary/aromatic N) is 1. The lowest BCUT2D eigenvalue weighted by molar-refractivity contribution is -0.149. The summed E-state index contributed by atoms with van der Waals surface area (Å²) in [6.07, 6.45) is -0.0618. The van der Waals surface area contributed by atoms with E-state index in [1.54, 1.807) is 12.0 Å². The number of nitrogens with two attached hydrogens (primary N) is 1. The second-order valence-electron chi connectivity index (χ2n) is 4.29. The molecule has 0 bridgehead atoms. The Morgan fingerprint density at radius 1 is 1.56 bits per heavy atom. The summed E-state index contributed by atoms with van der Waals surface area (Å²) in [6, 6.07) is 7.70. The van der Waals surface area contributed by atoms with E-state index in [0.29, 0.717) is 19.6 Å². The van der Waals surface area contributed by atoms with Crippen molar-refractivity contribution in [3.05, 3.63) is 29.8 Å². The summed E-state index contributed by atoms with van der Waals surface area (Å²) < 4.78 is 10.5. The van der Waals surface area contributed by atoms with Gasteiger partial charge in [0.25, 0.3) is 0 Å². The van der Waals surface area contributed by atoms with Gasteiger partial charge in [-0.05, 0) is 17.7 Å². The van der Waals surface area contributed by atoms with E-state index in [1.165, 1.54) is 0 Å². The number of benzene rings is 1. The lowest BCUT2D eigenvalue weighted by Gasteiger charge is -2.32. The topological polar surface area (TPSA) is 64.8 Å². The van der Waals surface area contributed by atoms with Gasteiger partial charge in [0.1, 0.15) is 12.4 Å². The average Bonchev–Trinajstić information content (AvgIpc) is 2.41. The van der Waals surface area contributed by atoms with Crippen LogP contribution in [0.3, 0.4) is 0 Å². The zero-order chi connectivity index (χ0) is 13.0. The van der Waals surface area contributed by atoms with Gasteiger partial charge in [-0.25, -0.2) is 0 Å². The predicted octanol–water partition coefficient (Wildman–Crippen LogP) is 0.381. The van der Waals surface area contributed by atoms with Gasteiger partial charge in [-0.2, -0.15) is 0 Å². The molecular weight excluding hydrogens is 232 g/mol. The van der Waals surface area contributed by atoms with Crippen molar-refractivity contribution in [2.24, 2.45) is 5.73 Å². The Labute approximate surface area is 106 Å². The Hall–Kier alpha value is -1.59. The number of carbonyl (C=O) groups is 1. The molecule has 1 aromatic carbocycles. The Morgan fingerprint density at radius 2 is 2.39 bits per heavy atom. The molecule has 1 aromatic rings. The van der Waals surface area contributed by atoms with Crippen molar-refractivity contribution in [3.8, 4) is 5.75 Å². The first kappa shape index (κ1) is 12.9. The van der Waals surface area contributed by atoms with Crippen LogP contribution in [0.2, 0.25) is 0 Å². The first-order valence-corrected chi connectivity index (χ1v) is 5.95. The summed E-state index contributed by atoms with van der Waals surface area (Å²) >= 11 is 0. The first-order chi connectivity index (χ1) is 8.72. The highest BCUT2D eigenvalue weighted by Gasteiger charge is 2.25. The van der Waals surface area contributed by atoms with Crippen molar-refractivity contribution >= 4 is 5.91 Å². The van der Waals surface area contributed by atoms with E-state index in [1.807, 2.05) is 24.3 Å². The predicted molar refractivity (Wildman–Crippen MR) is 67.2 cm³/mol. The summed E-state index contributed by atoms with van der Waals surface area (Å²) in [5.41, 5.74) is 6.61. The van der Waals surface area contributed by atoms with Crippen molar-refractivity contribution in [2.45, 2.75) is 12.6 Å². The van der Waals surface area contributed by atoms with Crippen LogP contribution in [0.25, 0.3) is 0 Å². The lowest BCUT2D eigenvalue weighted by atomic mass is 10.1. The normalized spacial score (nSPS) is 20.0. The van der Waals surface area contributed by atoms with E-state index in [-0.39, 0.29) is 18.6 Å². The molecule has 1 amide bonds. The van der Waals surface area contributed by atoms with Gasteiger partial charge in [0.2, 0.25) is 5.91 Å². The van der Waals surface area contributed by atoms with Gasteiger partial charge >= 0.3 is 0 Å². The lowest BCUT2D eigenvalue weighted by Crippen LogP contribution is -2.48. The van der Waals surface area contributed by atoms with E-state index in [9.17, 15) is 4.79 Å². The van der Waals surface area contributed by atoms with Crippen LogP contribution in [0.5, 0.6) is 5.75 Å². The molecule has 1 heterocycles. The van der Waals surface area contributed by atoms with Crippen LogP contribution in [0.15, 0.2) is 24.3 Å². The third-order valence-electron chi connectivity index (χ3n) is 2.99. The molecule has 0 aliphatic carbocycles. The van der Waals surface area contributed by atoms with Gasteiger partial charge in [0.05, 0.1) is 13.2 Å². The molecule has 1 fully saturated rings. The smallest absolute Gasteiger partial charge is 0.248 e. The molecule has 2 rings (SSSR count). The summed E-state index contributed by atoms with van der Waals surface area (Å²) in [5, 5.41) is 0. The third-order valence-corrected chi connectivity index (χ3v) is 2.99. The Balaban J connectivity index is 2.04. The van der Waals surface area contributed by atoms with Crippen molar-refractivity contribution in [2.75, 3.05) is 26.8 Å². The van der Waals surface area contributed by atoms with Crippen LogP contribution in [0.4, 0.5) is 0 Å². The largest absolute Gasteiger partial charge is 0.497 e. The number of ether oxygens (including phenoxy) is 2. The van der Waals surface area contributed by atoms with E-state index in [4.69, 9.17) is 15.2 Å².